The molecule has 0 aliphatic heterocycles. The molecule has 0 saturated heterocycles. The molecular weight excluding hydrogens is 310 g/mol. The highest BCUT2D eigenvalue weighted by atomic mass is 16.5. The van der Waals surface area contributed by atoms with Crippen LogP contribution in [0, 0.1) is 13.8 Å². The van der Waals surface area contributed by atoms with Crippen molar-refractivity contribution in [1.82, 2.24) is 4.98 Å². The molecular formula is C18H17NO5. The van der Waals surface area contributed by atoms with Crippen LogP contribution in [-0.2, 0) is 16.1 Å². The third-order valence-electron chi connectivity index (χ3n) is 4.03. The Balaban J connectivity index is 1.77. The van der Waals surface area contributed by atoms with Gasteiger partial charge in [-0.3, -0.25) is 0 Å². The number of rotatable bonds is 4. The van der Waals surface area contributed by atoms with Crippen molar-refractivity contribution in [3.8, 4) is 0 Å². The van der Waals surface area contributed by atoms with Crippen LogP contribution >= 0.6 is 0 Å². The number of carbonyl (C=O) groups excluding carboxylic acids is 2. The number of aromatic nitrogens is 1. The van der Waals surface area contributed by atoms with Crippen molar-refractivity contribution in [2.75, 3.05) is 7.11 Å². The molecule has 0 radical (unpaired) electrons. The molecule has 1 aromatic carbocycles. The molecule has 2 heterocycles. The van der Waals surface area contributed by atoms with Crippen LogP contribution in [0.5, 0.6) is 0 Å². The van der Waals surface area contributed by atoms with Crippen molar-refractivity contribution in [2.45, 2.75) is 20.5 Å². The van der Waals surface area contributed by atoms with Crippen LogP contribution in [0.15, 0.2) is 34.9 Å². The minimum absolute atomic E-state index is 0.139. The maximum atomic E-state index is 12.3. The van der Waals surface area contributed by atoms with Gasteiger partial charge in [0.05, 0.1) is 18.9 Å². The number of methoxy groups -OCH3 is 1. The summed E-state index contributed by atoms with van der Waals surface area (Å²) in [6.07, 6.45) is 1.35. The maximum Gasteiger partial charge on any atom is 0.341 e. The lowest BCUT2D eigenvalue weighted by molar-refractivity contribution is 0.0432. The number of hydrogen-bond donors (Lipinski definition) is 1. The van der Waals surface area contributed by atoms with E-state index in [0.717, 1.165) is 22.2 Å². The summed E-state index contributed by atoms with van der Waals surface area (Å²) in [4.78, 5) is 27.1. The monoisotopic (exact) mass is 327 g/mol. The highest BCUT2D eigenvalue weighted by Gasteiger charge is 2.17. The van der Waals surface area contributed by atoms with E-state index < -0.39 is 11.9 Å². The van der Waals surface area contributed by atoms with E-state index in [1.165, 1.54) is 19.4 Å². The first-order valence-electron chi connectivity index (χ1n) is 7.42. The van der Waals surface area contributed by atoms with Gasteiger partial charge < -0.3 is 18.9 Å². The van der Waals surface area contributed by atoms with Crippen LogP contribution in [0.3, 0.4) is 0 Å². The number of aryl methyl sites for hydroxylation is 2. The maximum absolute atomic E-state index is 12.3. The second kappa shape index (κ2) is 6.23. The normalized spacial score (nSPS) is 10.8. The van der Waals surface area contributed by atoms with E-state index in [4.69, 9.17) is 9.15 Å². The average Bonchev–Trinajstić information content (AvgIpc) is 3.17. The van der Waals surface area contributed by atoms with Crippen molar-refractivity contribution in [3.05, 3.63) is 58.7 Å². The Morgan fingerprint density at radius 3 is 2.71 bits per heavy atom. The second-order valence-electron chi connectivity index (χ2n) is 5.46. The minimum atomic E-state index is -0.533. The summed E-state index contributed by atoms with van der Waals surface area (Å²) >= 11 is 0. The highest BCUT2D eigenvalue weighted by Crippen LogP contribution is 2.23. The lowest BCUT2D eigenvalue weighted by Gasteiger charge is -2.05. The van der Waals surface area contributed by atoms with Gasteiger partial charge >= 0.3 is 11.9 Å². The van der Waals surface area contributed by atoms with Gasteiger partial charge in [-0.15, -0.1) is 0 Å². The summed E-state index contributed by atoms with van der Waals surface area (Å²) in [7, 11) is 1.28. The zero-order valence-corrected chi connectivity index (χ0v) is 13.6. The molecule has 0 aliphatic carbocycles. The molecule has 0 unspecified atom stereocenters. The molecule has 0 spiro atoms. The third kappa shape index (κ3) is 2.78. The first-order chi connectivity index (χ1) is 11.5. The van der Waals surface area contributed by atoms with Crippen molar-refractivity contribution in [2.24, 2.45) is 0 Å². The molecule has 2 aromatic heterocycles. The van der Waals surface area contributed by atoms with Gasteiger partial charge in [-0.2, -0.15) is 0 Å². The van der Waals surface area contributed by atoms with Crippen LogP contribution in [0.25, 0.3) is 10.9 Å². The smallest absolute Gasteiger partial charge is 0.341 e. The first kappa shape index (κ1) is 15.9. The molecule has 124 valence electrons. The van der Waals surface area contributed by atoms with E-state index in [1.54, 1.807) is 12.1 Å². The fourth-order valence-corrected chi connectivity index (χ4v) is 2.55. The number of nitrogens with one attached hydrogen (secondary N) is 1. The molecule has 3 rings (SSSR count). The zero-order chi connectivity index (χ0) is 17.3. The number of ether oxygens (including phenoxy) is 2. The molecule has 0 bridgehead atoms. The predicted octanol–water partition coefficient (Wildman–Crippen LogP) is 3.52. The lowest BCUT2D eigenvalue weighted by Crippen LogP contribution is -2.08. The third-order valence-corrected chi connectivity index (χ3v) is 4.03. The molecule has 0 saturated carbocycles. The summed E-state index contributed by atoms with van der Waals surface area (Å²) in [6.45, 7) is 3.84. The Morgan fingerprint density at radius 2 is 1.96 bits per heavy atom. The van der Waals surface area contributed by atoms with E-state index in [1.807, 2.05) is 19.9 Å². The molecule has 0 aliphatic rings. The number of hydrogen-bond acceptors (Lipinski definition) is 5. The van der Waals surface area contributed by atoms with Gasteiger partial charge in [0.2, 0.25) is 0 Å². The van der Waals surface area contributed by atoms with E-state index in [-0.39, 0.29) is 17.9 Å². The van der Waals surface area contributed by atoms with Gasteiger partial charge in [0.15, 0.2) is 12.4 Å². The van der Waals surface area contributed by atoms with Gasteiger partial charge in [-0.1, -0.05) is 0 Å². The Labute approximate surface area is 138 Å². The number of H-pyrrole nitrogens is 1. The van der Waals surface area contributed by atoms with E-state index in [0.29, 0.717) is 5.56 Å². The molecule has 0 amide bonds. The summed E-state index contributed by atoms with van der Waals surface area (Å²) in [6, 6.07) is 6.81. The van der Waals surface area contributed by atoms with Crippen LogP contribution < -0.4 is 0 Å². The first-order valence-corrected chi connectivity index (χ1v) is 7.42. The Bertz CT molecular complexity index is 919. The fraction of sp³-hybridized carbons (Fsp3) is 0.222. The van der Waals surface area contributed by atoms with Gasteiger partial charge in [-0.25, -0.2) is 9.59 Å². The fourth-order valence-electron chi connectivity index (χ4n) is 2.55. The van der Waals surface area contributed by atoms with Crippen LogP contribution in [-0.4, -0.2) is 24.0 Å². The van der Waals surface area contributed by atoms with Gasteiger partial charge in [-0.05, 0) is 43.7 Å². The number of benzene rings is 1. The molecule has 6 heteroatoms. The van der Waals surface area contributed by atoms with Crippen molar-refractivity contribution >= 4 is 22.8 Å². The number of fused-ring (bicyclic) bond motifs is 1. The predicted molar refractivity (Wildman–Crippen MR) is 86.9 cm³/mol. The van der Waals surface area contributed by atoms with Crippen molar-refractivity contribution in [3.63, 3.8) is 0 Å². The second-order valence-corrected chi connectivity index (χ2v) is 5.46. The van der Waals surface area contributed by atoms with Crippen molar-refractivity contribution in [1.29, 1.82) is 0 Å². The molecule has 0 fully saturated rings. The largest absolute Gasteiger partial charge is 0.465 e. The summed E-state index contributed by atoms with van der Waals surface area (Å²) in [5, 5.41) is 0.982. The van der Waals surface area contributed by atoms with Gasteiger partial charge in [0, 0.05) is 16.6 Å². The molecule has 24 heavy (non-hydrogen) atoms. The van der Waals surface area contributed by atoms with Crippen LogP contribution in [0.4, 0.5) is 0 Å². The quantitative estimate of drug-likeness (QED) is 0.741. The van der Waals surface area contributed by atoms with Gasteiger partial charge in [0.1, 0.15) is 5.56 Å². The summed E-state index contributed by atoms with van der Waals surface area (Å²) in [5.74, 6) is -0.762. The standard InChI is InChI=1S/C18H17NO5/c1-10-11(2)19-15-5-4-12(8-14(10)15)17(20)24-9-16-13(6-7-23-16)18(21)22-3/h4-8,19H,9H2,1-3H3. The number of esters is 2. The number of furan rings is 1. The van der Waals surface area contributed by atoms with Gasteiger partial charge in [0.25, 0.3) is 0 Å². The lowest BCUT2D eigenvalue weighted by atomic mass is 10.1. The Kier molecular flexibility index (Phi) is 4.12. The summed E-state index contributed by atoms with van der Waals surface area (Å²) < 4.78 is 15.1. The van der Waals surface area contributed by atoms with E-state index in [9.17, 15) is 9.59 Å². The number of carbonyl (C=O) groups is 2. The topological polar surface area (TPSA) is 81.5 Å². The Morgan fingerprint density at radius 1 is 1.17 bits per heavy atom. The van der Waals surface area contributed by atoms with Crippen molar-refractivity contribution < 1.29 is 23.5 Å². The molecule has 1 N–H and O–H groups in total. The average molecular weight is 327 g/mol. The molecule has 0 atom stereocenters. The van der Waals surface area contributed by atoms with Crippen LogP contribution in [0.2, 0.25) is 0 Å². The van der Waals surface area contributed by atoms with E-state index in [2.05, 4.69) is 9.72 Å². The molecule has 6 nitrogen and oxygen atoms in total. The van der Waals surface area contributed by atoms with E-state index >= 15 is 0 Å². The highest BCUT2D eigenvalue weighted by molar-refractivity contribution is 5.96. The number of aromatic amines is 1. The van der Waals surface area contributed by atoms with Crippen LogP contribution in [0.1, 0.15) is 37.7 Å². The zero-order valence-electron chi connectivity index (χ0n) is 13.6. The Hall–Kier alpha value is -3.02. The summed E-state index contributed by atoms with van der Waals surface area (Å²) in [5.41, 5.74) is 3.82. The SMILES string of the molecule is COC(=O)c1ccoc1COC(=O)c1ccc2[nH]c(C)c(C)c2c1. The molecule has 3 aromatic rings. The minimum Gasteiger partial charge on any atom is -0.465 e.